The van der Waals surface area contributed by atoms with Gasteiger partial charge in [-0.15, -0.1) is 0 Å². The van der Waals surface area contributed by atoms with Gasteiger partial charge >= 0.3 is 6.09 Å². The van der Waals surface area contributed by atoms with E-state index in [9.17, 15) is 14.7 Å². The number of carbonyl (C=O) groups is 2. The number of ether oxygens (including phenoxy) is 2. The second-order valence-electron chi connectivity index (χ2n) is 10.8. The van der Waals surface area contributed by atoms with Gasteiger partial charge in [0.1, 0.15) is 12.4 Å². The minimum atomic E-state index is -1.85. The molecule has 0 bridgehead atoms. The summed E-state index contributed by atoms with van der Waals surface area (Å²) in [6, 6.07) is 6.45. The molecule has 1 aromatic heterocycles. The monoisotopic (exact) mass is 462 g/mol. The van der Waals surface area contributed by atoms with E-state index in [-0.39, 0.29) is 22.8 Å². The molecule has 0 spiro atoms. The molecule has 7 nitrogen and oxygen atoms in total. The van der Waals surface area contributed by atoms with E-state index in [1.54, 1.807) is 18.2 Å². The molecule has 2 rings (SSSR count). The predicted molar refractivity (Wildman–Crippen MR) is 126 cm³/mol. The van der Waals surface area contributed by atoms with Gasteiger partial charge in [0.15, 0.2) is 8.32 Å². The normalized spacial score (nSPS) is 12.8. The largest absolute Gasteiger partial charge is 0.543 e. The van der Waals surface area contributed by atoms with Crippen LogP contribution in [0.1, 0.15) is 58.5 Å². The Hall–Kier alpha value is -2.32. The molecule has 0 N–H and O–H groups in total. The fraction of sp³-hybridized carbons (Fsp3) is 0.583. The lowest BCUT2D eigenvalue weighted by Gasteiger charge is -2.36. The standard InChI is InChI=1S/C24H37NO6Si/c1-23(2,3)11-12-30-22(28)25-19-10-9-18(15-17(19)16-20(25)21(26)27)29-13-14-31-32(7,8)24(4,5)6/h9-10,15-16H,11-14H2,1-8H3,(H,26,27)/p-1. The number of aromatic carboxylic acids is 1. The summed E-state index contributed by atoms with van der Waals surface area (Å²) in [4.78, 5) is 24.2. The van der Waals surface area contributed by atoms with Crippen molar-refractivity contribution in [3.63, 3.8) is 0 Å². The van der Waals surface area contributed by atoms with E-state index in [2.05, 4.69) is 33.9 Å². The maximum atomic E-state index is 12.6. The van der Waals surface area contributed by atoms with Crippen molar-refractivity contribution in [1.29, 1.82) is 0 Å². The Morgan fingerprint density at radius 3 is 2.22 bits per heavy atom. The van der Waals surface area contributed by atoms with Crippen molar-refractivity contribution in [2.24, 2.45) is 5.41 Å². The topological polar surface area (TPSA) is 89.8 Å². The highest BCUT2D eigenvalue weighted by atomic mass is 28.4. The minimum Gasteiger partial charge on any atom is -0.543 e. The number of aromatic nitrogens is 1. The van der Waals surface area contributed by atoms with E-state index in [0.717, 1.165) is 4.57 Å². The van der Waals surface area contributed by atoms with Crippen molar-refractivity contribution in [2.45, 2.75) is 66.1 Å². The number of rotatable bonds is 8. The summed E-state index contributed by atoms with van der Waals surface area (Å²) < 4.78 is 18.3. The van der Waals surface area contributed by atoms with E-state index in [1.165, 1.54) is 6.07 Å². The SMILES string of the molecule is CC(C)(C)CCOC(=O)n1c(C(=O)[O-])cc2cc(OCCO[Si](C)(C)C(C)(C)C)ccc21. The molecule has 8 heteroatoms. The van der Waals surface area contributed by atoms with E-state index in [1.807, 2.05) is 20.8 Å². The van der Waals surface area contributed by atoms with Crippen molar-refractivity contribution in [3.8, 4) is 5.75 Å². The summed E-state index contributed by atoms with van der Waals surface area (Å²) >= 11 is 0. The molecule has 0 saturated heterocycles. The highest BCUT2D eigenvalue weighted by Crippen LogP contribution is 2.36. The van der Waals surface area contributed by atoms with Crippen LogP contribution in [0.3, 0.4) is 0 Å². The van der Waals surface area contributed by atoms with Gasteiger partial charge in [-0.3, -0.25) is 0 Å². The molecule has 178 valence electrons. The lowest BCUT2D eigenvalue weighted by molar-refractivity contribution is -0.255. The van der Waals surface area contributed by atoms with Crippen molar-refractivity contribution in [2.75, 3.05) is 19.8 Å². The van der Waals surface area contributed by atoms with E-state index < -0.39 is 20.4 Å². The van der Waals surface area contributed by atoms with Gasteiger partial charge in [0.05, 0.1) is 30.4 Å². The number of fused-ring (bicyclic) bond motifs is 1. The van der Waals surface area contributed by atoms with Crippen molar-refractivity contribution < 1.29 is 28.6 Å². The maximum absolute atomic E-state index is 12.6. The van der Waals surface area contributed by atoms with Gasteiger partial charge in [-0.1, -0.05) is 41.5 Å². The third-order valence-electron chi connectivity index (χ3n) is 5.86. The molecule has 2 aromatic rings. The third kappa shape index (κ3) is 6.59. The van der Waals surface area contributed by atoms with Gasteiger partial charge in [-0.25, -0.2) is 9.36 Å². The Balaban J connectivity index is 2.12. The zero-order chi connectivity index (χ0) is 24.3. The van der Waals surface area contributed by atoms with Crippen LogP contribution in [0.5, 0.6) is 5.75 Å². The zero-order valence-electron chi connectivity index (χ0n) is 20.5. The van der Waals surface area contributed by atoms with E-state index in [0.29, 0.717) is 36.3 Å². The molecular weight excluding hydrogens is 426 g/mol. The number of hydrogen-bond acceptors (Lipinski definition) is 6. The molecule has 0 aliphatic heterocycles. The quantitative estimate of drug-likeness (QED) is 0.412. The Kier molecular flexibility index (Phi) is 7.83. The van der Waals surface area contributed by atoms with Crippen molar-refractivity contribution >= 4 is 31.3 Å². The second kappa shape index (κ2) is 9.66. The van der Waals surface area contributed by atoms with Gasteiger partial charge in [0.2, 0.25) is 0 Å². The molecular formula is C24H36NO6Si-. The first kappa shape index (κ1) is 25.9. The average Bonchev–Trinajstić information content (AvgIpc) is 3.02. The molecule has 32 heavy (non-hydrogen) atoms. The van der Waals surface area contributed by atoms with Crippen LogP contribution in [-0.2, 0) is 9.16 Å². The summed E-state index contributed by atoms with van der Waals surface area (Å²) in [5, 5.41) is 12.3. The van der Waals surface area contributed by atoms with E-state index in [4.69, 9.17) is 13.9 Å². The summed E-state index contributed by atoms with van der Waals surface area (Å²) in [5.41, 5.74) is 0.172. The number of benzene rings is 1. The van der Waals surface area contributed by atoms with Crippen LogP contribution in [0, 0.1) is 5.41 Å². The summed E-state index contributed by atoms with van der Waals surface area (Å²) in [6.07, 6.45) is -0.0760. The van der Waals surface area contributed by atoms with Crippen molar-refractivity contribution in [1.82, 2.24) is 4.57 Å². The molecule has 0 unspecified atom stereocenters. The first-order chi connectivity index (χ1) is 14.6. The van der Waals surface area contributed by atoms with Crippen LogP contribution in [0.2, 0.25) is 18.1 Å². The Morgan fingerprint density at radius 1 is 1.00 bits per heavy atom. The minimum absolute atomic E-state index is 0.00322. The summed E-state index contributed by atoms with van der Waals surface area (Å²) in [6.45, 7) is 18.1. The van der Waals surface area contributed by atoms with Gasteiger partial charge < -0.3 is 23.8 Å². The maximum Gasteiger partial charge on any atom is 0.419 e. The van der Waals surface area contributed by atoms with Crippen LogP contribution in [0.4, 0.5) is 4.79 Å². The van der Waals surface area contributed by atoms with Gasteiger partial charge in [0, 0.05) is 5.39 Å². The predicted octanol–water partition coefficient (Wildman–Crippen LogP) is 4.83. The Labute approximate surface area is 191 Å². The second-order valence-corrected chi connectivity index (χ2v) is 15.6. The highest BCUT2D eigenvalue weighted by molar-refractivity contribution is 6.74. The number of carbonyl (C=O) groups excluding carboxylic acids is 2. The van der Waals surface area contributed by atoms with Crippen LogP contribution in [0.15, 0.2) is 24.3 Å². The molecule has 0 aliphatic rings. The van der Waals surface area contributed by atoms with Crippen molar-refractivity contribution in [3.05, 3.63) is 30.0 Å². The smallest absolute Gasteiger partial charge is 0.419 e. The summed E-state index contributed by atoms with van der Waals surface area (Å²) in [5.74, 6) is -0.876. The molecule has 0 amide bonds. The Morgan fingerprint density at radius 2 is 1.66 bits per heavy atom. The molecule has 0 atom stereocenters. The molecule has 0 radical (unpaired) electrons. The lowest BCUT2D eigenvalue weighted by atomic mass is 9.93. The molecule has 1 aromatic carbocycles. The summed E-state index contributed by atoms with van der Waals surface area (Å²) in [7, 11) is -1.85. The van der Waals surface area contributed by atoms with E-state index >= 15 is 0 Å². The highest BCUT2D eigenvalue weighted by Gasteiger charge is 2.36. The average molecular weight is 463 g/mol. The van der Waals surface area contributed by atoms with Crippen LogP contribution < -0.4 is 9.84 Å². The number of nitrogens with zero attached hydrogens (tertiary/aromatic N) is 1. The Bertz CT molecular complexity index is 965. The third-order valence-corrected chi connectivity index (χ3v) is 10.4. The van der Waals surface area contributed by atoms with Gasteiger partial charge in [-0.2, -0.15) is 0 Å². The number of carboxylic acids is 1. The van der Waals surface area contributed by atoms with Crippen LogP contribution in [0.25, 0.3) is 10.9 Å². The van der Waals surface area contributed by atoms with Gasteiger partial charge in [0.25, 0.3) is 0 Å². The zero-order valence-corrected chi connectivity index (χ0v) is 21.5. The van der Waals surface area contributed by atoms with Gasteiger partial charge in [-0.05, 0) is 54.2 Å². The molecule has 0 saturated carbocycles. The fourth-order valence-corrected chi connectivity index (χ4v) is 3.84. The fourth-order valence-electron chi connectivity index (χ4n) is 2.81. The van der Waals surface area contributed by atoms with Crippen LogP contribution >= 0.6 is 0 Å². The molecule has 1 heterocycles. The van der Waals surface area contributed by atoms with Crippen LogP contribution in [-0.4, -0.2) is 44.8 Å². The first-order valence-corrected chi connectivity index (χ1v) is 13.8. The first-order valence-electron chi connectivity index (χ1n) is 10.9. The lowest BCUT2D eigenvalue weighted by Crippen LogP contribution is -2.41. The molecule has 0 fully saturated rings. The number of carboxylic acid groups (broad SMARTS) is 1. The molecule has 0 aliphatic carbocycles. The number of hydrogen-bond donors (Lipinski definition) is 0.